The summed E-state index contributed by atoms with van der Waals surface area (Å²) in [6.07, 6.45) is 0.942. The molecule has 2 rings (SSSR count). The Kier molecular flexibility index (Phi) is 3.26. The van der Waals surface area contributed by atoms with E-state index in [2.05, 4.69) is 18.4 Å². The summed E-state index contributed by atoms with van der Waals surface area (Å²) in [4.78, 5) is 11.3. The Labute approximate surface area is 107 Å². The van der Waals surface area contributed by atoms with Crippen LogP contribution in [0.2, 0.25) is 0 Å². The number of fused-ring (bicyclic) bond motifs is 1. The Bertz CT molecular complexity index is 581. The monoisotopic (exact) mass is 245 g/mol. The van der Waals surface area contributed by atoms with Crippen molar-refractivity contribution in [3.8, 4) is 0 Å². The average molecular weight is 245 g/mol. The van der Waals surface area contributed by atoms with E-state index in [1.807, 2.05) is 31.2 Å². The van der Waals surface area contributed by atoms with Crippen LogP contribution in [-0.4, -0.2) is 24.6 Å². The van der Waals surface area contributed by atoms with Crippen LogP contribution in [0.3, 0.4) is 0 Å². The molecule has 0 spiro atoms. The molecule has 0 bridgehead atoms. The minimum absolute atomic E-state index is 0.181. The van der Waals surface area contributed by atoms with Gasteiger partial charge in [-0.1, -0.05) is 18.2 Å². The number of methoxy groups -OCH3 is 1. The number of aromatic nitrogens is 1. The van der Waals surface area contributed by atoms with Gasteiger partial charge in [0, 0.05) is 29.3 Å². The second-order valence-corrected chi connectivity index (χ2v) is 5.21. The first-order valence-electron chi connectivity index (χ1n) is 6.07. The maximum Gasteiger partial charge on any atom is 0.152 e. The number of ether oxygens (including phenoxy) is 1. The van der Waals surface area contributed by atoms with E-state index in [1.54, 1.807) is 7.11 Å². The lowest BCUT2D eigenvalue weighted by atomic mass is 10.1. The van der Waals surface area contributed by atoms with Crippen molar-refractivity contribution < 1.29 is 9.53 Å². The molecule has 1 heterocycles. The summed E-state index contributed by atoms with van der Waals surface area (Å²) < 4.78 is 7.49. The van der Waals surface area contributed by atoms with E-state index in [0.717, 1.165) is 28.4 Å². The van der Waals surface area contributed by atoms with Crippen molar-refractivity contribution in [2.45, 2.75) is 26.3 Å². The molecule has 0 unspecified atom stereocenters. The summed E-state index contributed by atoms with van der Waals surface area (Å²) in [6, 6.07) is 8.00. The molecule has 0 amide bonds. The van der Waals surface area contributed by atoms with Gasteiger partial charge in [-0.25, -0.2) is 0 Å². The summed E-state index contributed by atoms with van der Waals surface area (Å²) in [5.41, 5.74) is 2.67. The number of carbonyl (C=O) groups is 1. The maximum atomic E-state index is 11.3. The zero-order valence-electron chi connectivity index (χ0n) is 11.4. The largest absolute Gasteiger partial charge is 0.382 e. The van der Waals surface area contributed by atoms with E-state index in [0.29, 0.717) is 6.61 Å². The number of para-hydroxylation sites is 1. The molecule has 0 atom stereocenters. The van der Waals surface area contributed by atoms with Gasteiger partial charge in [0.05, 0.1) is 12.1 Å². The fourth-order valence-corrected chi connectivity index (χ4v) is 2.74. The summed E-state index contributed by atoms with van der Waals surface area (Å²) in [7, 11) is 1.70. The fourth-order valence-electron chi connectivity index (χ4n) is 2.74. The van der Waals surface area contributed by atoms with Crippen LogP contribution in [0.4, 0.5) is 0 Å². The first-order chi connectivity index (χ1) is 8.53. The van der Waals surface area contributed by atoms with Crippen molar-refractivity contribution in [3.05, 3.63) is 35.5 Å². The van der Waals surface area contributed by atoms with Crippen LogP contribution in [-0.2, 0) is 10.3 Å². The third-order valence-electron chi connectivity index (χ3n) is 3.38. The van der Waals surface area contributed by atoms with E-state index in [4.69, 9.17) is 4.74 Å². The van der Waals surface area contributed by atoms with Crippen molar-refractivity contribution in [2.75, 3.05) is 13.7 Å². The van der Waals surface area contributed by atoms with E-state index in [-0.39, 0.29) is 5.54 Å². The van der Waals surface area contributed by atoms with Crippen molar-refractivity contribution in [1.82, 2.24) is 4.57 Å². The van der Waals surface area contributed by atoms with Gasteiger partial charge in [0.25, 0.3) is 0 Å². The molecule has 96 valence electrons. The van der Waals surface area contributed by atoms with Crippen molar-refractivity contribution in [2.24, 2.45) is 0 Å². The standard InChI is InChI=1S/C15H19NO2/c1-11-13(9-17)12-7-5-6-8-14(12)16(11)15(2,3)10-18-4/h5-9H,10H2,1-4H3. The first-order valence-corrected chi connectivity index (χ1v) is 6.07. The normalized spacial score (nSPS) is 12.0. The molecule has 0 aliphatic carbocycles. The number of aldehydes is 1. The number of nitrogens with zero attached hydrogens (tertiary/aromatic N) is 1. The Morgan fingerprint density at radius 1 is 1.33 bits per heavy atom. The second-order valence-electron chi connectivity index (χ2n) is 5.21. The number of carbonyl (C=O) groups excluding carboxylic acids is 1. The molecule has 0 aliphatic rings. The lowest BCUT2D eigenvalue weighted by Crippen LogP contribution is -2.32. The summed E-state index contributed by atoms with van der Waals surface area (Å²) in [5, 5.41) is 1.01. The lowest BCUT2D eigenvalue weighted by Gasteiger charge is -2.29. The van der Waals surface area contributed by atoms with Gasteiger partial charge >= 0.3 is 0 Å². The molecule has 0 aliphatic heterocycles. The molecular formula is C15H19NO2. The Morgan fingerprint density at radius 2 is 2.00 bits per heavy atom. The number of hydrogen-bond donors (Lipinski definition) is 0. The fraction of sp³-hybridized carbons (Fsp3) is 0.400. The van der Waals surface area contributed by atoms with E-state index >= 15 is 0 Å². The molecule has 18 heavy (non-hydrogen) atoms. The minimum atomic E-state index is -0.181. The van der Waals surface area contributed by atoms with Crippen molar-refractivity contribution in [3.63, 3.8) is 0 Å². The molecule has 3 nitrogen and oxygen atoms in total. The third-order valence-corrected chi connectivity index (χ3v) is 3.38. The van der Waals surface area contributed by atoms with Gasteiger partial charge in [-0.2, -0.15) is 0 Å². The lowest BCUT2D eigenvalue weighted by molar-refractivity contribution is 0.109. The summed E-state index contributed by atoms with van der Waals surface area (Å²) in [6.45, 7) is 6.82. The Balaban J connectivity index is 2.78. The van der Waals surface area contributed by atoms with Crippen molar-refractivity contribution in [1.29, 1.82) is 0 Å². The topological polar surface area (TPSA) is 31.2 Å². The van der Waals surface area contributed by atoms with Crippen LogP contribution in [0.1, 0.15) is 29.9 Å². The van der Waals surface area contributed by atoms with Crippen molar-refractivity contribution >= 4 is 17.2 Å². The summed E-state index contributed by atoms with van der Waals surface area (Å²) in [5.74, 6) is 0. The van der Waals surface area contributed by atoms with Crippen LogP contribution < -0.4 is 0 Å². The molecule has 1 aromatic heterocycles. The van der Waals surface area contributed by atoms with Crippen LogP contribution in [0.25, 0.3) is 10.9 Å². The summed E-state index contributed by atoms with van der Waals surface area (Å²) >= 11 is 0. The van der Waals surface area contributed by atoms with Gasteiger partial charge in [-0.3, -0.25) is 4.79 Å². The zero-order valence-corrected chi connectivity index (χ0v) is 11.4. The quantitative estimate of drug-likeness (QED) is 0.775. The molecule has 0 N–H and O–H groups in total. The van der Waals surface area contributed by atoms with Crippen LogP contribution >= 0.6 is 0 Å². The number of benzene rings is 1. The molecule has 0 fully saturated rings. The van der Waals surface area contributed by atoms with E-state index in [1.165, 1.54) is 0 Å². The molecule has 0 radical (unpaired) electrons. The highest BCUT2D eigenvalue weighted by atomic mass is 16.5. The minimum Gasteiger partial charge on any atom is -0.382 e. The van der Waals surface area contributed by atoms with Gasteiger partial charge in [-0.15, -0.1) is 0 Å². The zero-order chi connectivity index (χ0) is 13.3. The van der Waals surface area contributed by atoms with Crippen LogP contribution in [0.15, 0.2) is 24.3 Å². The highest BCUT2D eigenvalue weighted by Gasteiger charge is 2.26. The SMILES string of the molecule is COCC(C)(C)n1c(C)c(C=O)c2ccccc21. The maximum absolute atomic E-state index is 11.3. The van der Waals surface area contributed by atoms with Gasteiger partial charge in [0.1, 0.15) is 0 Å². The molecule has 3 heteroatoms. The molecule has 1 aromatic carbocycles. The average Bonchev–Trinajstić information content (AvgIpc) is 2.60. The molecule has 0 saturated heterocycles. The second kappa shape index (κ2) is 4.58. The number of rotatable bonds is 4. The van der Waals surface area contributed by atoms with Crippen LogP contribution in [0.5, 0.6) is 0 Å². The smallest absolute Gasteiger partial charge is 0.152 e. The first kappa shape index (κ1) is 12.8. The third kappa shape index (κ3) is 1.85. The predicted octanol–water partition coefficient (Wildman–Crippen LogP) is 3.14. The van der Waals surface area contributed by atoms with Gasteiger partial charge in [0.2, 0.25) is 0 Å². The molecular weight excluding hydrogens is 226 g/mol. The van der Waals surface area contributed by atoms with Gasteiger partial charge < -0.3 is 9.30 Å². The Morgan fingerprint density at radius 3 is 2.61 bits per heavy atom. The van der Waals surface area contributed by atoms with E-state index in [9.17, 15) is 4.79 Å². The highest BCUT2D eigenvalue weighted by molar-refractivity contribution is 5.99. The van der Waals surface area contributed by atoms with E-state index < -0.39 is 0 Å². The molecule has 0 saturated carbocycles. The number of hydrogen-bond acceptors (Lipinski definition) is 2. The van der Waals surface area contributed by atoms with Gasteiger partial charge in [0.15, 0.2) is 6.29 Å². The van der Waals surface area contributed by atoms with Gasteiger partial charge in [-0.05, 0) is 26.8 Å². The van der Waals surface area contributed by atoms with Crippen LogP contribution in [0, 0.1) is 6.92 Å². The highest BCUT2D eigenvalue weighted by Crippen LogP contribution is 2.30. The Hall–Kier alpha value is -1.61. The predicted molar refractivity (Wildman–Crippen MR) is 73.3 cm³/mol. The molecule has 2 aromatic rings.